The van der Waals surface area contributed by atoms with Crippen LogP contribution >= 0.6 is 11.3 Å². The standard InChI is InChI=1S/C14H19N3OS/c18-13-14(5-1-2-6-14)16-12(11-8-19-9-15-11)17(13)7-10-3-4-10/h8-10,12,16H,1-7H2. The number of hydrogen-bond donors (Lipinski definition) is 1. The van der Waals surface area contributed by atoms with Gasteiger partial charge in [0.15, 0.2) is 0 Å². The Hall–Kier alpha value is -0.940. The molecule has 1 atom stereocenters. The molecule has 0 radical (unpaired) electrons. The number of nitrogens with one attached hydrogen (secondary N) is 1. The molecule has 3 fully saturated rings. The molecule has 1 saturated heterocycles. The Morgan fingerprint density at radius 1 is 1.42 bits per heavy atom. The van der Waals surface area contributed by atoms with Crippen molar-refractivity contribution in [1.29, 1.82) is 0 Å². The van der Waals surface area contributed by atoms with Crippen molar-refractivity contribution in [1.82, 2.24) is 15.2 Å². The lowest BCUT2D eigenvalue weighted by molar-refractivity contribution is -0.133. The van der Waals surface area contributed by atoms with Gasteiger partial charge in [-0.05, 0) is 31.6 Å². The molecule has 0 aromatic carbocycles. The van der Waals surface area contributed by atoms with Crippen LogP contribution in [0.3, 0.4) is 0 Å². The second-order valence-electron chi connectivity index (χ2n) is 6.15. The average molecular weight is 277 g/mol. The summed E-state index contributed by atoms with van der Waals surface area (Å²) in [4.78, 5) is 19.3. The van der Waals surface area contributed by atoms with Gasteiger partial charge in [-0.1, -0.05) is 12.8 Å². The molecule has 4 nitrogen and oxygen atoms in total. The summed E-state index contributed by atoms with van der Waals surface area (Å²) in [7, 11) is 0. The third-order valence-corrected chi connectivity index (χ3v) is 5.34. The second-order valence-corrected chi connectivity index (χ2v) is 6.87. The molecule has 4 rings (SSSR count). The zero-order valence-corrected chi connectivity index (χ0v) is 11.8. The minimum Gasteiger partial charge on any atom is -0.319 e. The van der Waals surface area contributed by atoms with Crippen LogP contribution in [0, 0.1) is 5.92 Å². The molecular formula is C14H19N3OS. The predicted octanol–water partition coefficient (Wildman–Crippen LogP) is 2.30. The van der Waals surface area contributed by atoms with E-state index in [1.165, 1.54) is 25.7 Å². The summed E-state index contributed by atoms with van der Waals surface area (Å²) in [5.41, 5.74) is 2.60. The van der Waals surface area contributed by atoms with Crippen molar-refractivity contribution in [3.63, 3.8) is 0 Å². The number of carbonyl (C=O) groups is 1. The fraction of sp³-hybridized carbons (Fsp3) is 0.714. The van der Waals surface area contributed by atoms with Crippen LogP contribution in [-0.4, -0.2) is 27.9 Å². The fourth-order valence-corrected chi connectivity index (χ4v) is 4.06. The maximum absolute atomic E-state index is 12.8. The highest BCUT2D eigenvalue weighted by Crippen LogP contribution is 2.42. The molecule has 19 heavy (non-hydrogen) atoms. The lowest BCUT2D eigenvalue weighted by atomic mass is 9.98. The van der Waals surface area contributed by atoms with Crippen LogP contribution in [0.5, 0.6) is 0 Å². The highest BCUT2D eigenvalue weighted by molar-refractivity contribution is 7.07. The molecule has 0 bridgehead atoms. The normalized spacial score (nSPS) is 29.6. The first-order chi connectivity index (χ1) is 9.28. The van der Waals surface area contributed by atoms with E-state index in [-0.39, 0.29) is 11.7 Å². The topological polar surface area (TPSA) is 45.2 Å². The molecule has 1 N–H and O–H groups in total. The van der Waals surface area contributed by atoms with E-state index in [1.54, 1.807) is 11.3 Å². The van der Waals surface area contributed by atoms with Crippen molar-refractivity contribution in [3.8, 4) is 0 Å². The van der Waals surface area contributed by atoms with Gasteiger partial charge in [0.25, 0.3) is 0 Å². The van der Waals surface area contributed by atoms with Gasteiger partial charge in [-0.25, -0.2) is 4.98 Å². The summed E-state index contributed by atoms with van der Waals surface area (Å²) in [6, 6.07) is 0. The van der Waals surface area contributed by atoms with Crippen molar-refractivity contribution < 1.29 is 4.79 Å². The lowest BCUT2D eigenvalue weighted by Crippen LogP contribution is -2.44. The summed E-state index contributed by atoms with van der Waals surface area (Å²) in [6.07, 6.45) is 6.89. The summed E-state index contributed by atoms with van der Waals surface area (Å²) < 4.78 is 0. The molecule has 2 heterocycles. The van der Waals surface area contributed by atoms with Gasteiger partial charge >= 0.3 is 0 Å². The number of rotatable bonds is 3. The summed E-state index contributed by atoms with van der Waals surface area (Å²) in [5.74, 6) is 1.05. The molecule has 3 aliphatic rings. The SMILES string of the molecule is O=C1N(CC2CC2)C(c2cscn2)NC12CCCC2. The summed E-state index contributed by atoms with van der Waals surface area (Å²) in [5, 5.41) is 5.69. The van der Waals surface area contributed by atoms with E-state index >= 15 is 0 Å². The van der Waals surface area contributed by atoms with Gasteiger partial charge in [-0.2, -0.15) is 0 Å². The van der Waals surface area contributed by atoms with Gasteiger partial charge in [0, 0.05) is 11.9 Å². The first-order valence-corrected chi connectivity index (χ1v) is 8.20. The molecule has 1 aromatic heterocycles. The van der Waals surface area contributed by atoms with Crippen molar-refractivity contribution in [3.05, 3.63) is 16.6 Å². The van der Waals surface area contributed by atoms with Crippen molar-refractivity contribution in [2.75, 3.05) is 6.54 Å². The summed E-state index contributed by atoms with van der Waals surface area (Å²) >= 11 is 1.61. The number of amides is 1. The van der Waals surface area contributed by atoms with E-state index in [1.807, 2.05) is 5.51 Å². The average Bonchev–Trinajstić information content (AvgIpc) is 2.84. The fourth-order valence-electron chi connectivity index (χ4n) is 3.49. The smallest absolute Gasteiger partial charge is 0.244 e. The van der Waals surface area contributed by atoms with Crippen molar-refractivity contribution in [2.45, 2.75) is 50.2 Å². The Morgan fingerprint density at radius 2 is 2.21 bits per heavy atom. The zero-order valence-electron chi connectivity index (χ0n) is 11.0. The maximum atomic E-state index is 12.8. The van der Waals surface area contributed by atoms with Crippen LogP contribution in [0.2, 0.25) is 0 Å². The van der Waals surface area contributed by atoms with Gasteiger partial charge < -0.3 is 4.90 Å². The van der Waals surface area contributed by atoms with Crippen LogP contribution in [0.25, 0.3) is 0 Å². The highest BCUT2D eigenvalue weighted by Gasteiger charge is 2.53. The quantitative estimate of drug-likeness (QED) is 0.922. The number of nitrogens with zero attached hydrogens (tertiary/aromatic N) is 2. The maximum Gasteiger partial charge on any atom is 0.244 e. The van der Waals surface area contributed by atoms with Gasteiger partial charge in [0.1, 0.15) is 6.17 Å². The molecule has 2 saturated carbocycles. The Labute approximate surface area is 117 Å². The summed E-state index contributed by atoms with van der Waals surface area (Å²) in [6.45, 7) is 0.912. The van der Waals surface area contributed by atoms with Gasteiger partial charge in [-0.15, -0.1) is 11.3 Å². The molecular weight excluding hydrogens is 258 g/mol. The van der Waals surface area contributed by atoms with E-state index in [4.69, 9.17) is 0 Å². The van der Waals surface area contributed by atoms with Crippen LogP contribution in [0.4, 0.5) is 0 Å². The third kappa shape index (κ3) is 1.91. The van der Waals surface area contributed by atoms with Crippen LogP contribution in [-0.2, 0) is 4.79 Å². The molecule has 1 unspecified atom stereocenters. The second kappa shape index (κ2) is 4.28. The minimum atomic E-state index is -0.275. The van der Waals surface area contributed by atoms with Crippen LogP contribution in [0.15, 0.2) is 10.9 Å². The van der Waals surface area contributed by atoms with Crippen LogP contribution < -0.4 is 5.32 Å². The molecule has 2 aliphatic carbocycles. The Balaban J connectivity index is 1.65. The van der Waals surface area contributed by atoms with E-state index in [0.717, 1.165) is 31.0 Å². The van der Waals surface area contributed by atoms with Gasteiger partial charge in [0.2, 0.25) is 5.91 Å². The first-order valence-electron chi connectivity index (χ1n) is 7.25. The number of hydrogen-bond acceptors (Lipinski definition) is 4. The molecule has 5 heteroatoms. The molecule has 102 valence electrons. The number of carbonyl (C=O) groups excluding carboxylic acids is 1. The van der Waals surface area contributed by atoms with Crippen molar-refractivity contribution >= 4 is 17.2 Å². The number of aromatic nitrogens is 1. The Kier molecular flexibility index (Phi) is 2.67. The molecule has 1 amide bonds. The first kappa shape index (κ1) is 11.9. The van der Waals surface area contributed by atoms with E-state index in [2.05, 4.69) is 20.6 Å². The highest BCUT2D eigenvalue weighted by atomic mass is 32.1. The van der Waals surface area contributed by atoms with Gasteiger partial charge in [0.05, 0.1) is 16.7 Å². The Morgan fingerprint density at radius 3 is 2.84 bits per heavy atom. The predicted molar refractivity (Wildman–Crippen MR) is 73.6 cm³/mol. The van der Waals surface area contributed by atoms with Gasteiger partial charge in [-0.3, -0.25) is 10.1 Å². The monoisotopic (exact) mass is 277 g/mol. The lowest BCUT2D eigenvalue weighted by Gasteiger charge is -2.22. The third-order valence-electron chi connectivity index (χ3n) is 4.74. The van der Waals surface area contributed by atoms with Crippen LogP contribution in [0.1, 0.15) is 50.4 Å². The van der Waals surface area contributed by atoms with E-state index in [0.29, 0.717) is 5.91 Å². The van der Waals surface area contributed by atoms with E-state index < -0.39 is 0 Å². The van der Waals surface area contributed by atoms with E-state index in [9.17, 15) is 4.79 Å². The largest absolute Gasteiger partial charge is 0.319 e. The number of thiazole rings is 1. The zero-order chi connectivity index (χ0) is 12.9. The Bertz CT molecular complexity index is 477. The molecule has 1 aliphatic heterocycles. The minimum absolute atomic E-state index is 0.0115. The molecule has 1 aromatic rings. The molecule has 1 spiro atoms. The van der Waals surface area contributed by atoms with Crippen molar-refractivity contribution in [2.24, 2.45) is 5.92 Å².